The van der Waals surface area contributed by atoms with Gasteiger partial charge in [-0.3, -0.25) is 0 Å². The van der Waals surface area contributed by atoms with Crippen LogP contribution >= 0.6 is 12.4 Å². The van der Waals surface area contributed by atoms with E-state index in [2.05, 4.69) is 0 Å². The maximum absolute atomic E-state index is 13.8. The molecule has 0 saturated heterocycles. The molecule has 1 saturated carbocycles. The Balaban J connectivity index is 0.00000300. The highest BCUT2D eigenvalue weighted by molar-refractivity contribution is 5.85. The van der Waals surface area contributed by atoms with E-state index in [-0.39, 0.29) is 29.9 Å². The van der Waals surface area contributed by atoms with Gasteiger partial charge in [-0.25, -0.2) is 4.39 Å². The topological polar surface area (TPSA) is 23.5 Å². The molecule has 0 spiro atoms. The van der Waals surface area contributed by atoms with Crippen LogP contribution in [0, 0.1) is 11.7 Å². The first-order valence-electron chi connectivity index (χ1n) is 9.45. The number of hydrogen-bond acceptors (Lipinski definition) is 2. The van der Waals surface area contributed by atoms with Crippen molar-refractivity contribution in [2.24, 2.45) is 5.92 Å². The molecule has 2 aromatic carbocycles. The van der Waals surface area contributed by atoms with Crippen LogP contribution in [0.5, 0.6) is 0 Å². The van der Waals surface area contributed by atoms with E-state index in [0.29, 0.717) is 19.3 Å². The van der Waals surface area contributed by atoms with Gasteiger partial charge in [0.15, 0.2) is 0 Å². The monoisotopic (exact) mass is 431 g/mol. The summed E-state index contributed by atoms with van der Waals surface area (Å²) in [4.78, 5) is 1.99. The van der Waals surface area contributed by atoms with Gasteiger partial charge in [-0.1, -0.05) is 49.2 Å². The van der Waals surface area contributed by atoms with Crippen LogP contribution in [0.2, 0.25) is 0 Å². The van der Waals surface area contributed by atoms with Crippen molar-refractivity contribution >= 4 is 12.4 Å². The van der Waals surface area contributed by atoms with E-state index in [9.17, 15) is 22.7 Å². The minimum Gasteiger partial charge on any atom is -0.385 e. The highest BCUT2D eigenvalue weighted by Crippen LogP contribution is 2.49. The zero-order chi connectivity index (χ0) is 20.5. The Morgan fingerprint density at radius 1 is 1.07 bits per heavy atom. The molecule has 2 nitrogen and oxygen atoms in total. The lowest BCUT2D eigenvalue weighted by molar-refractivity contribution is -0.140. The minimum atomic E-state index is -4.80. The van der Waals surface area contributed by atoms with Gasteiger partial charge in [0.25, 0.3) is 0 Å². The van der Waals surface area contributed by atoms with Gasteiger partial charge in [-0.15, -0.1) is 12.4 Å². The van der Waals surface area contributed by atoms with Crippen LogP contribution in [0.25, 0.3) is 0 Å². The van der Waals surface area contributed by atoms with Crippen molar-refractivity contribution in [3.05, 3.63) is 71.0 Å². The van der Waals surface area contributed by atoms with E-state index in [4.69, 9.17) is 0 Å². The zero-order valence-corrected chi connectivity index (χ0v) is 17.2. The molecule has 2 aromatic rings. The van der Waals surface area contributed by atoms with Crippen LogP contribution < -0.4 is 0 Å². The van der Waals surface area contributed by atoms with E-state index >= 15 is 0 Å². The van der Waals surface area contributed by atoms with Crippen molar-refractivity contribution < 1.29 is 22.7 Å². The predicted molar refractivity (Wildman–Crippen MR) is 107 cm³/mol. The molecule has 0 aromatic heterocycles. The lowest BCUT2D eigenvalue weighted by atomic mass is 9.66. The van der Waals surface area contributed by atoms with Crippen molar-refractivity contribution in [3.63, 3.8) is 0 Å². The minimum absolute atomic E-state index is 0. The molecule has 3 atom stereocenters. The molecule has 7 heteroatoms. The third-order valence-electron chi connectivity index (χ3n) is 5.79. The lowest BCUT2D eigenvalue weighted by Gasteiger charge is -2.46. The fourth-order valence-corrected chi connectivity index (χ4v) is 4.51. The van der Waals surface area contributed by atoms with Gasteiger partial charge in [-0.05, 0) is 50.2 Å². The molecule has 1 N–H and O–H groups in total. The molecule has 0 heterocycles. The van der Waals surface area contributed by atoms with Crippen LogP contribution in [0.4, 0.5) is 17.6 Å². The number of hydrogen-bond donors (Lipinski definition) is 1. The smallest absolute Gasteiger partial charge is 0.385 e. The maximum Gasteiger partial charge on any atom is 0.419 e. The van der Waals surface area contributed by atoms with E-state index in [1.165, 1.54) is 6.07 Å². The second-order valence-corrected chi connectivity index (χ2v) is 7.79. The van der Waals surface area contributed by atoms with Crippen LogP contribution in [0.1, 0.15) is 48.4 Å². The summed E-state index contributed by atoms with van der Waals surface area (Å²) in [5.74, 6) is -1.63. The molecule has 0 aliphatic heterocycles. The fourth-order valence-electron chi connectivity index (χ4n) is 4.51. The van der Waals surface area contributed by atoms with Crippen molar-refractivity contribution in [2.75, 3.05) is 14.1 Å². The Hall–Kier alpha value is -1.63. The number of benzene rings is 2. The standard InChI is InChI=1S/C22H25F4NO.ClH/c1-27(2)20(15-8-4-3-5-9-15)17-10-6-7-13-21(17,28)16-11-12-19(23)18(14-16)22(24,25)26;/h3-5,8-9,11-12,14,17,20,28H,6-7,10,13H2,1-2H3;1H. The number of aliphatic hydroxyl groups is 1. The summed E-state index contributed by atoms with van der Waals surface area (Å²) in [5, 5.41) is 11.6. The number of rotatable bonds is 4. The van der Waals surface area contributed by atoms with Crippen molar-refractivity contribution in [3.8, 4) is 0 Å². The summed E-state index contributed by atoms with van der Waals surface area (Å²) in [6, 6.07) is 12.4. The third-order valence-corrected chi connectivity index (χ3v) is 5.79. The van der Waals surface area contributed by atoms with E-state index in [1.54, 1.807) is 0 Å². The van der Waals surface area contributed by atoms with Crippen molar-refractivity contribution in [1.29, 1.82) is 0 Å². The zero-order valence-electron chi connectivity index (χ0n) is 16.4. The van der Waals surface area contributed by atoms with Gasteiger partial charge in [0.2, 0.25) is 0 Å². The van der Waals surface area contributed by atoms with Crippen molar-refractivity contribution in [1.82, 2.24) is 4.90 Å². The molecule has 1 fully saturated rings. The Kier molecular flexibility index (Phi) is 7.36. The summed E-state index contributed by atoms with van der Waals surface area (Å²) in [5.41, 5.74) is -1.66. The number of alkyl halides is 3. The van der Waals surface area contributed by atoms with Crippen LogP contribution in [0.3, 0.4) is 0 Å². The molecule has 29 heavy (non-hydrogen) atoms. The highest BCUT2D eigenvalue weighted by Gasteiger charge is 2.46. The summed E-state index contributed by atoms with van der Waals surface area (Å²) in [7, 11) is 3.80. The Bertz CT molecular complexity index is 812. The van der Waals surface area contributed by atoms with Gasteiger partial charge >= 0.3 is 6.18 Å². The fraction of sp³-hybridized carbons (Fsp3) is 0.455. The van der Waals surface area contributed by atoms with E-state index < -0.39 is 23.2 Å². The van der Waals surface area contributed by atoms with Gasteiger partial charge in [0, 0.05) is 12.0 Å². The summed E-state index contributed by atoms with van der Waals surface area (Å²) in [6.07, 6.45) is -2.19. The Labute approximate surface area is 175 Å². The second kappa shape index (κ2) is 9.02. The predicted octanol–water partition coefficient (Wildman–Crippen LogP) is 5.95. The first-order valence-corrected chi connectivity index (χ1v) is 9.45. The van der Waals surface area contributed by atoms with Crippen molar-refractivity contribution in [2.45, 2.75) is 43.5 Å². The molecule has 160 valence electrons. The third kappa shape index (κ3) is 4.76. The van der Waals surface area contributed by atoms with Gasteiger partial charge < -0.3 is 10.0 Å². The molecule has 1 aliphatic carbocycles. The van der Waals surface area contributed by atoms with E-state index in [0.717, 1.165) is 24.1 Å². The van der Waals surface area contributed by atoms with E-state index in [1.807, 2.05) is 49.3 Å². The summed E-state index contributed by atoms with van der Waals surface area (Å²) in [6.45, 7) is 0. The molecular weight excluding hydrogens is 406 g/mol. The first kappa shape index (κ1) is 23.6. The molecule has 0 radical (unpaired) electrons. The summed E-state index contributed by atoms with van der Waals surface area (Å²) >= 11 is 0. The Morgan fingerprint density at radius 2 is 1.72 bits per heavy atom. The van der Waals surface area contributed by atoms with Gasteiger partial charge in [-0.2, -0.15) is 13.2 Å². The van der Waals surface area contributed by atoms with Gasteiger partial charge in [0.1, 0.15) is 5.82 Å². The maximum atomic E-state index is 13.8. The molecule has 3 rings (SSSR count). The molecule has 3 unspecified atom stereocenters. The molecular formula is C22H26ClF4NO. The average Bonchev–Trinajstić information content (AvgIpc) is 2.63. The largest absolute Gasteiger partial charge is 0.419 e. The quantitative estimate of drug-likeness (QED) is 0.605. The first-order chi connectivity index (χ1) is 13.1. The molecule has 0 amide bonds. The van der Waals surface area contributed by atoms with Crippen LogP contribution in [-0.2, 0) is 11.8 Å². The van der Waals surface area contributed by atoms with Crippen LogP contribution in [0.15, 0.2) is 48.5 Å². The highest BCUT2D eigenvalue weighted by atomic mass is 35.5. The normalized spacial score (nSPS) is 23.5. The lowest BCUT2D eigenvalue weighted by Crippen LogP contribution is -2.45. The second-order valence-electron chi connectivity index (χ2n) is 7.79. The summed E-state index contributed by atoms with van der Waals surface area (Å²) < 4.78 is 53.5. The molecule has 0 bridgehead atoms. The van der Waals surface area contributed by atoms with Crippen LogP contribution in [-0.4, -0.2) is 24.1 Å². The SMILES string of the molecule is CN(C)C(c1ccccc1)C1CCCCC1(O)c1ccc(F)c(C(F)(F)F)c1.Cl. The Morgan fingerprint density at radius 3 is 2.31 bits per heavy atom. The van der Waals surface area contributed by atoms with Gasteiger partial charge in [0.05, 0.1) is 11.2 Å². The average molecular weight is 432 g/mol. The molecule has 1 aliphatic rings. The number of halogens is 5. The number of nitrogens with zero attached hydrogens (tertiary/aromatic N) is 1.